The van der Waals surface area contributed by atoms with Crippen molar-refractivity contribution in [1.29, 1.82) is 5.26 Å². The molecule has 2 rings (SSSR count). The molecule has 1 heterocycles. The van der Waals surface area contributed by atoms with Crippen molar-refractivity contribution in [3.8, 4) is 11.8 Å². The standard InChI is InChI=1S/C14H14N2O2/c1-9(8-15)12-7-10-6-11(18-3)4-5-13(10)16(2)14(12)17/h4-7,9H,1-3H3. The number of nitrogens with zero attached hydrogens (tertiary/aromatic N) is 2. The number of fused-ring (bicyclic) bond motifs is 1. The predicted octanol–water partition coefficient (Wildman–Crippen LogP) is 2.17. The van der Waals surface area contributed by atoms with Gasteiger partial charge < -0.3 is 9.30 Å². The Morgan fingerprint density at radius 2 is 2.11 bits per heavy atom. The highest BCUT2D eigenvalue weighted by molar-refractivity contribution is 5.81. The number of methoxy groups -OCH3 is 1. The minimum Gasteiger partial charge on any atom is -0.497 e. The monoisotopic (exact) mass is 242 g/mol. The molecule has 2 aromatic rings. The van der Waals surface area contributed by atoms with E-state index in [0.29, 0.717) is 5.56 Å². The number of aromatic nitrogens is 1. The van der Waals surface area contributed by atoms with Gasteiger partial charge in [-0.1, -0.05) is 0 Å². The van der Waals surface area contributed by atoms with Crippen molar-refractivity contribution < 1.29 is 4.74 Å². The number of rotatable bonds is 2. The van der Waals surface area contributed by atoms with Gasteiger partial charge in [-0.15, -0.1) is 0 Å². The molecule has 0 bridgehead atoms. The van der Waals surface area contributed by atoms with E-state index in [9.17, 15) is 4.79 Å². The van der Waals surface area contributed by atoms with E-state index in [2.05, 4.69) is 6.07 Å². The summed E-state index contributed by atoms with van der Waals surface area (Å²) in [6.45, 7) is 1.72. The highest BCUT2D eigenvalue weighted by Crippen LogP contribution is 2.22. The fourth-order valence-electron chi connectivity index (χ4n) is 1.99. The number of ether oxygens (including phenoxy) is 1. The van der Waals surface area contributed by atoms with Gasteiger partial charge >= 0.3 is 0 Å². The van der Waals surface area contributed by atoms with Gasteiger partial charge in [-0.2, -0.15) is 5.26 Å². The summed E-state index contributed by atoms with van der Waals surface area (Å²) in [7, 11) is 3.31. The largest absolute Gasteiger partial charge is 0.497 e. The van der Waals surface area contributed by atoms with Crippen LogP contribution in [0.5, 0.6) is 5.75 Å². The van der Waals surface area contributed by atoms with Crippen molar-refractivity contribution in [2.24, 2.45) is 7.05 Å². The molecule has 1 atom stereocenters. The fourth-order valence-corrected chi connectivity index (χ4v) is 1.99. The second-order valence-electron chi connectivity index (χ2n) is 4.24. The van der Waals surface area contributed by atoms with Crippen molar-refractivity contribution >= 4 is 10.9 Å². The number of benzene rings is 1. The van der Waals surface area contributed by atoms with Crippen molar-refractivity contribution in [2.75, 3.05) is 7.11 Å². The van der Waals surface area contributed by atoms with Crippen LogP contribution in [0.2, 0.25) is 0 Å². The second-order valence-corrected chi connectivity index (χ2v) is 4.24. The molecule has 0 aliphatic heterocycles. The number of hydrogen-bond acceptors (Lipinski definition) is 3. The minimum atomic E-state index is -0.417. The van der Waals surface area contributed by atoms with Crippen molar-refractivity contribution in [3.05, 3.63) is 40.2 Å². The molecule has 0 saturated heterocycles. The number of pyridine rings is 1. The maximum atomic E-state index is 12.1. The van der Waals surface area contributed by atoms with Crippen molar-refractivity contribution in [2.45, 2.75) is 12.8 Å². The Labute approximate surface area is 105 Å². The Morgan fingerprint density at radius 3 is 2.72 bits per heavy atom. The Kier molecular flexibility index (Phi) is 3.07. The molecule has 0 amide bonds. The van der Waals surface area contributed by atoms with Crippen LogP contribution >= 0.6 is 0 Å². The summed E-state index contributed by atoms with van der Waals surface area (Å²) in [5.41, 5.74) is 1.22. The van der Waals surface area contributed by atoms with E-state index in [-0.39, 0.29) is 5.56 Å². The van der Waals surface area contributed by atoms with E-state index >= 15 is 0 Å². The first-order valence-corrected chi connectivity index (χ1v) is 5.65. The minimum absolute atomic E-state index is 0.123. The summed E-state index contributed by atoms with van der Waals surface area (Å²) in [6.07, 6.45) is 0. The third-order valence-electron chi connectivity index (χ3n) is 3.12. The van der Waals surface area contributed by atoms with Gasteiger partial charge in [0, 0.05) is 18.0 Å². The smallest absolute Gasteiger partial charge is 0.255 e. The van der Waals surface area contributed by atoms with E-state index in [1.165, 1.54) is 0 Å². The SMILES string of the molecule is COc1ccc2c(c1)cc(C(C)C#N)c(=O)n2C. The van der Waals surface area contributed by atoms with Gasteiger partial charge in [0.15, 0.2) is 0 Å². The first-order chi connectivity index (χ1) is 8.58. The molecule has 18 heavy (non-hydrogen) atoms. The number of hydrogen-bond donors (Lipinski definition) is 0. The highest BCUT2D eigenvalue weighted by Gasteiger charge is 2.12. The van der Waals surface area contributed by atoms with Crippen LogP contribution in [0.1, 0.15) is 18.4 Å². The van der Waals surface area contributed by atoms with Gasteiger partial charge in [0.1, 0.15) is 5.75 Å². The van der Waals surface area contributed by atoms with Gasteiger partial charge in [-0.05, 0) is 31.2 Å². The molecule has 1 aromatic carbocycles. The summed E-state index contributed by atoms with van der Waals surface area (Å²) in [5, 5.41) is 9.85. The molecule has 1 unspecified atom stereocenters. The van der Waals surface area contributed by atoms with Crippen LogP contribution < -0.4 is 10.3 Å². The first kappa shape index (κ1) is 12.2. The van der Waals surface area contributed by atoms with Crippen LogP contribution in [-0.2, 0) is 7.05 Å². The third-order valence-corrected chi connectivity index (χ3v) is 3.12. The lowest BCUT2D eigenvalue weighted by Gasteiger charge is -2.10. The Balaban J connectivity index is 2.81. The van der Waals surface area contributed by atoms with Crippen molar-refractivity contribution in [3.63, 3.8) is 0 Å². The van der Waals surface area contributed by atoms with Crippen LogP contribution in [0.4, 0.5) is 0 Å². The van der Waals surface area contributed by atoms with Crippen LogP contribution in [0, 0.1) is 11.3 Å². The van der Waals surface area contributed by atoms with E-state index in [4.69, 9.17) is 10.00 Å². The molecule has 1 aromatic heterocycles. The molecule has 0 fully saturated rings. The normalized spacial score (nSPS) is 12.1. The molecule has 4 heteroatoms. The molecule has 0 aliphatic rings. The molecule has 92 valence electrons. The van der Waals surface area contributed by atoms with Crippen LogP contribution in [0.15, 0.2) is 29.1 Å². The highest BCUT2D eigenvalue weighted by atomic mass is 16.5. The Hall–Kier alpha value is -2.28. The molecule has 4 nitrogen and oxygen atoms in total. The predicted molar refractivity (Wildman–Crippen MR) is 69.8 cm³/mol. The average molecular weight is 242 g/mol. The van der Waals surface area contributed by atoms with E-state index in [1.54, 1.807) is 31.7 Å². The summed E-state index contributed by atoms with van der Waals surface area (Å²) >= 11 is 0. The van der Waals surface area contributed by atoms with Gasteiger partial charge in [0.05, 0.1) is 24.6 Å². The van der Waals surface area contributed by atoms with E-state index < -0.39 is 5.92 Å². The summed E-state index contributed by atoms with van der Waals surface area (Å²) < 4.78 is 6.73. The number of nitriles is 1. The summed E-state index contributed by atoms with van der Waals surface area (Å²) in [6, 6.07) is 9.39. The van der Waals surface area contributed by atoms with Crippen molar-refractivity contribution in [1.82, 2.24) is 4.57 Å². The Morgan fingerprint density at radius 1 is 1.39 bits per heavy atom. The maximum Gasteiger partial charge on any atom is 0.255 e. The zero-order valence-corrected chi connectivity index (χ0v) is 10.6. The zero-order chi connectivity index (χ0) is 13.3. The van der Waals surface area contributed by atoms with Crippen LogP contribution in [0.25, 0.3) is 10.9 Å². The molecule has 0 saturated carbocycles. The second kappa shape index (κ2) is 4.53. The van der Waals surface area contributed by atoms with E-state index in [0.717, 1.165) is 16.7 Å². The summed E-state index contributed by atoms with van der Waals surface area (Å²) in [4.78, 5) is 12.1. The van der Waals surface area contributed by atoms with Crippen LogP contribution in [-0.4, -0.2) is 11.7 Å². The van der Waals surface area contributed by atoms with Gasteiger partial charge in [-0.3, -0.25) is 4.79 Å². The molecular formula is C14H14N2O2. The lowest BCUT2D eigenvalue weighted by Crippen LogP contribution is -2.22. The molecular weight excluding hydrogens is 228 g/mol. The fraction of sp³-hybridized carbons (Fsp3) is 0.286. The number of aryl methyl sites for hydroxylation is 1. The Bertz CT molecular complexity index is 695. The lowest BCUT2D eigenvalue weighted by atomic mass is 10.0. The molecule has 0 aliphatic carbocycles. The topological polar surface area (TPSA) is 55.0 Å². The quantitative estimate of drug-likeness (QED) is 0.811. The van der Waals surface area contributed by atoms with Gasteiger partial charge in [0.2, 0.25) is 0 Å². The lowest BCUT2D eigenvalue weighted by molar-refractivity contribution is 0.415. The molecule has 0 N–H and O–H groups in total. The van der Waals surface area contributed by atoms with E-state index in [1.807, 2.05) is 18.2 Å². The average Bonchev–Trinajstić information content (AvgIpc) is 2.41. The van der Waals surface area contributed by atoms with Crippen LogP contribution in [0.3, 0.4) is 0 Å². The maximum absolute atomic E-state index is 12.1. The first-order valence-electron chi connectivity index (χ1n) is 5.65. The van der Waals surface area contributed by atoms with Gasteiger partial charge in [0.25, 0.3) is 5.56 Å². The third kappa shape index (κ3) is 1.84. The summed E-state index contributed by atoms with van der Waals surface area (Å²) in [5.74, 6) is 0.316. The molecule has 0 radical (unpaired) electrons. The molecule has 0 spiro atoms. The zero-order valence-electron chi connectivity index (χ0n) is 10.6. The van der Waals surface area contributed by atoms with Gasteiger partial charge in [-0.25, -0.2) is 0 Å².